The van der Waals surface area contributed by atoms with E-state index < -0.39 is 37.8 Å². The molecule has 4 aromatic heterocycles. The van der Waals surface area contributed by atoms with E-state index in [2.05, 4.69) is 24.7 Å². The van der Waals surface area contributed by atoms with E-state index in [1.807, 2.05) is 6.07 Å². The number of rotatable bonds is 6. The van der Waals surface area contributed by atoms with E-state index in [1.165, 1.54) is 42.5 Å². The molecule has 186 valence electrons. The summed E-state index contributed by atoms with van der Waals surface area (Å²) in [5.74, 6) is -1.94. The molecule has 0 saturated carbocycles. The van der Waals surface area contributed by atoms with Crippen LogP contribution in [-0.4, -0.2) is 39.9 Å². The summed E-state index contributed by atoms with van der Waals surface area (Å²) >= 11 is 5.88. The Morgan fingerprint density at radius 2 is 1.97 bits per heavy atom. The van der Waals surface area contributed by atoms with Gasteiger partial charge in [0, 0.05) is 18.0 Å². The molecule has 0 bridgehead atoms. The van der Waals surface area contributed by atoms with Gasteiger partial charge in [-0.15, -0.1) is 0 Å². The SMILES string of the molecule is COc1ncc(Cl)cc1S(=O)(=O)Nc1ccc(F)c(-c2ccc3c(-c4ncc(C#N)[nH]4)ncn3c2)c1F. The van der Waals surface area contributed by atoms with Crippen molar-refractivity contribution in [2.24, 2.45) is 0 Å². The Balaban J connectivity index is 1.55. The Hall–Kier alpha value is -4.54. The van der Waals surface area contributed by atoms with Gasteiger partial charge in [-0.3, -0.25) is 4.72 Å². The molecule has 0 unspecified atom stereocenters. The molecule has 0 aliphatic carbocycles. The Labute approximate surface area is 213 Å². The molecule has 10 nitrogen and oxygen atoms in total. The summed E-state index contributed by atoms with van der Waals surface area (Å²) < 4.78 is 64.9. The summed E-state index contributed by atoms with van der Waals surface area (Å²) in [5.41, 5.74) is 0.400. The summed E-state index contributed by atoms with van der Waals surface area (Å²) in [7, 11) is -3.19. The number of aromatic nitrogens is 5. The van der Waals surface area contributed by atoms with Gasteiger partial charge in [0.2, 0.25) is 5.88 Å². The maximum Gasteiger partial charge on any atom is 0.267 e. The minimum absolute atomic E-state index is 0.0212. The van der Waals surface area contributed by atoms with Crippen LogP contribution in [0.5, 0.6) is 5.88 Å². The van der Waals surface area contributed by atoms with E-state index in [0.29, 0.717) is 17.0 Å². The fourth-order valence-corrected chi connectivity index (χ4v) is 5.11. The molecule has 0 fully saturated rings. The van der Waals surface area contributed by atoms with Crippen LogP contribution in [-0.2, 0) is 10.0 Å². The number of methoxy groups -OCH3 is 1. The molecule has 2 N–H and O–H groups in total. The second-order valence-corrected chi connectivity index (χ2v) is 9.70. The molecule has 0 saturated heterocycles. The van der Waals surface area contributed by atoms with Crippen LogP contribution < -0.4 is 9.46 Å². The largest absolute Gasteiger partial charge is 0.480 e. The summed E-state index contributed by atoms with van der Waals surface area (Å²) in [6.45, 7) is 0. The molecule has 0 spiro atoms. The smallest absolute Gasteiger partial charge is 0.267 e. The first kappa shape index (κ1) is 24.2. The van der Waals surface area contributed by atoms with E-state index in [0.717, 1.165) is 18.2 Å². The molecule has 4 heterocycles. The van der Waals surface area contributed by atoms with Gasteiger partial charge in [-0.1, -0.05) is 17.7 Å². The van der Waals surface area contributed by atoms with Crippen molar-refractivity contribution in [3.05, 3.63) is 77.6 Å². The molecule has 0 atom stereocenters. The number of fused-ring (bicyclic) bond motifs is 1. The van der Waals surface area contributed by atoms with Gasteiger partial charge >= 0.3 is 0 Å². The highest BCUT2D eigenvalue weighted by atomic mass is 35.5. The Kier molecular flexibility index (Phi) is 5.98. The van der Waals surface area contributed by atoms with E-state index in [4.69, 9.17) is 21.6 Å². The third-order valence-corrected chi connectivity index (χ3v) is 6.91. The number of halogens is 3. The molecule has 5 rings (SSSR count). The van der Waals surface area contributed by atoms with Gasteiger partial charge in [0.15, 0.2) is 16.5 Å². The van der Waals surface area contributed by atoms with Crippen LogP contribution in [0.15, 0.2) is 60.1 Å². The van der Waals surface area contributed by atoms with Crippen LogP contribution in [0.25, 0.3) is 28.2 Å². The quantitative estimate of drug-likeness (QED) is 0.325. The maximum absolute atomic E-state index is 15.5. The zero-order valence-corrected chi connectivity index (χ0v) is 20.3. The zero-order chi connectivity index (χ0) is 26.3. The van der Waals surface area contributed by atoms with E-state index >= 15 is 4.39 Å². The molecular weight excluding hydrogens is 528 g/mol. The molecular formula is C23H14ClF2N7O3S. The third-order valence-electron chi connectivity index (χ3n) is 5.34. The van der Waals surface area contributed by atoms with Crippen LogP contribution in [0, 0.1) is 23.0 Å². The van der Waals surface area contributed by atoms with Gasteiger partial charge in [0.1, 0.15) is 29.6 Å². The number of hydrogen-bond donors (Lipinski definition) is 2. The lowest BCUT2D eigenvalue weighted by Gasteiger charge is -2.14. The molecule has 0 aliphatic heterocycles. The molecule has 1 aromatic carbocycles. The van der Waals surface area contributed by atoms with Gasteiger partial charge in [-0.25, -0.2) is 32.2 Å². The summed E-state index contributed by atoms with van der Waals surface area (Å²) in [4.78, 5) is 14.6. The van der Waals surface area contributed by atoms with E-state index in [1.54, 1.807) is 6.07 Å². The number of H-pyrrole nitrogens is 1. The van der Waals surface area contributed by atoms with Gasteiger partial charge in [-0.2, -0.15) is 5.26 Å². The lowest BCUT2D eigenvalue weighted by atomic mass is 10.0. The molecule has 0 radical (unpaired) electrons. The number of hydrogen-bond acceptors (Lipinski definition) is 7. The van der Waals surface area contributed by atoms with Gasteiger partial charge in [-0.05, 0) is 24.3 Å². The summed E-state index contributed by atoms with van der Waals surface area (Å²) in [6.07, 6.45) is 5.41. The molecule has 0 amide bonds. The van der Waals surface area contributed by atoms with Gasteiger partial charge in [0.05, 0.1) is 35.1 Å². The van der Waals surface area contributed by atoms with Crippen LogP contribution >= 0.6 is 11.6 Å². The van der Waals surface area contributed by atoms with Crippen molar-refractivity contribution in [1.82, 2.24) is 24.3 Å². The number of aromatic amines is 1. The number of imidazole rings is 2. The highest BCUT2D eigenvalue weighted by molar-refractivity contribution is 7.92. The minimum atomic E-state index is -4.41. The van der Waals surface area contributed by atoms with Crippen LogP contribution in [0.3, 0.4) is 0 Å². The Bertz CT molecular complexity index is 1830. The lowest BCUT2D eigenvalue weighted by molar-refractivity contribution is 0.385. The molecule has 0 aliphatic rings. The average Bonchev–Trinajstić information content (AvgIpc) is 3.52. The van der Waals surface area contributed by atoms with Crippen molar-refractivity contribution in [2.75, 3.05) is 11.8 Å². The monoisotopic (exact) mass is 541 g/mol. The highest BCUT2D eigenvalue weighted by Gasteiger charge is 2.25. The number of benzene rings is 1. The second kappa shape index (κ2) is 9.16. The van der Waals surface area contributed by atoms with Gasteiger partial charge < -0.3 is 14.1 Å². The Morgan fingerprint density at radius 3 is 2.70 bits per heavy atom. The summed E-state index contributed by atoms with van der Waals surface area (Å²) in [6, 6.07) is 7.98. The normalized spacial score (nSPS) is 11.4. The van der Waals surface area contributed by atoms with Crippen LogP contribution in [0.1, 0.15) is 5.69 Å². The first-order valence-electron chi connectivity index (χ1n) is 10.3. The van der Waals surface area contributed by atoms with Crippen LogP contribution in [0.4, 0.5) is 14.5 Å². The van der Waals surface area contributed by atoms with Crippen LogP contribution in [0.2, 0.25) is 5.02 Å². The fraction of sp³-hybridized carbons (Fsp3) is 0.0435. The molecule has 14 heteroatoms. The number of pyridine rings is 2. The Morgan fingerprint density at radius 1 is 1.16 bits per heavy atom. The number of nitriles is 1. The number of nitrogens with zero attached hydrogens (tertiary/aromatic N) is 5. The zero-order valence-electron chi connectivity index (χ0n) is 18.7. The number of ether oxygens (including phenoxy) is 1. The second-order valence-electron chi connectivity index (χ2n) is 7.61. The third kappa shape index (κ3) is 4.32. The molecule has 5 aromatic rings. The van der Waals surface area contributed by atoms with Crippen molar-refractivity contribution in [3.63, 3.8) is 0 Å². The lowest BCUT2D eigenvalue weighted by Crippen LogP contribution is -2.16. The summed E-state index contributed by atoms with van der Waals surface area (Å²) in [5, 5.41) is 9.02. The van der Waals surface area contributed by atoms with E-state index in [-0.39, 0.29) is 22.2 Å². The maximum atomic E-state index is 15.5. The highest BCUT2D eigenvalue weighted by Crippen LogP contribution is 2.34. The van der Waals surface area contributed by atoms with Gasteiger partial charge in [0.25, 0.3) is 10.0 Å². The standard InChI is InChI=1S/C23H14ClF2N7O3S/c1-36-23-18(6-13(24)8-29-23)37(34,35)32-16-4-3-15(25)19(20(16)26)12-2-5-17-21(30-11-33(17)10-12)22-28-9-14(7-27)31-22/h2-6,8-11,32H,1H3,(H,28,31). The number of anilines is 1. The predicted molar refractivity (Wildman–Crippen MR) is 129 cm³/mol. The predicted octanol–water partition coefficient (Wildman–Crippen LogP) is 4.40. The first-order chi connectivity index (χ1) is 17.7. The topological polar surface area (TPSA) is 138 Å². The first-order valence-corrected chi connectivity index (χ1v) is 12.2. The van der Waals surface area contributed by atoms with Crippen molar-refractivity contribution in [1.29, 1.82) is 5.26 Å². The van der Waals surface area contributed by atoms with Crippen molar-refractivity contribution in [3.8, 4) is 34.6 Å². The van der Waals surface area contributed by atoms with Crippen molar-refractivity contribution < 1.29 is 21.9 Å². The van der Waals surface area contributed by atoms with Crippen molar-refractivity contribution >= 4 is 32.8 Å². The molecule has 37 heavy (non-hydrogen) atoms. The number of sulfonamides is 1. The number of nitrogens with one attached hydrogen (secondary N) is 2. The average molecular weight is 542 g/mol. The minimum Gasteiger partial charge on any atom is -0.480 e. The fourth-order valence-electron chi connectivity index (χ4n) is 3.68. The van der Waals surface area contributed by atoms with E-state index in [9.17, 15) is 12.8 Å². The van der Waals surface area contributed by atoms with Crippen molar-refractivity contribution in [2.45, 2.75) is 4.90 Å².